The zero-order valence-corrected chi connectivity index (χ0v) is 7.99. The Balaban J connectivity index is 2.35. The van der Waals surface area contributed by atoms with E-state index in [0.29, 0.717) is 6.54 Å². The molecule has 74 valence electrons. The van der Waals surface area contributed by atoms with Gasteiger partial charge in [0, 0.05) is 18.4 Å². The molecule has 3 N–H and O–H groups in total. The van der Waals surface area contributed by atoms with Crippen LogP contribution in [0.25, 0.3) is 11.0 Å². The van der Waals surface area contributed by atoms with Crippen molar-refractivity contribution in [3.8, 4) is 0 Å². The van der Waals surface area contributed by atoms with Crippen LogP contribution in [-0.2, 0) is 0 Å². The quantitative estimate of drug-likeness (QED) is 0.673. The van der Waals surface area contributed by atoms with E-state index in [2.05, 4.69) is 15.3 Å². The van der Waals surface area contributed by atoms with Crippen LogP contribution in [0.3, 0.4) is 0 Å². The summed E-state index contributed by atoms with van der Waals surface area (Å²) in [5.74, 6) is 0. The minimum absolute atomic E-state index is 0.505. The van der Waals surface area contributed by atoms with E-state index >= 15 is 0 Å². The van der Waals surface area contributed by atoms with E-state index in [-0.39, 0.29) is 0 Å². The molecule has 0 aliphatic carbocycles. The fraction of sp³-hybridized carbons (Fsp3) is 0.300. The molecule has 0 saturated carbocycles. The van der Waals surface area contributed by atoms with Gasteiger partial charge in [-0.3, -0.25) is 4.98 Å². The molecule has 2 rings (SSSR count). The van der Waals surface area contributed by atoms with Gasteiger partial charge in [0.25, 0.3) is 0 Å². The Kier molecular flexibility index (Phi) is 2.47. The molecule has 0 aliphatic rings. The molecule has 0 fully saturated rings. The van der Waals surface area contributed by atoms with Crippen LogP contribution in [0.2, 0.25) is 0 Å². The average molecular weight is 191 g/mol. The van der Waals surface area contributed by atoms with E-state index in [1.807, 2.05) is 25.2 Å². The highest BCUT2D eigenvalue weighted by Gasteiger charge is 2.09. The SMILES string of the molecule is CNCC(O)c1cc2ncccc2[nH]1. The normalized spacial score (nSPS) is 13.3. The van der Waals surface area contributed by atoms with Crippen LogP contribution in [0.4, 0.5) is 0 Å². The van der Waals surface area contributed by atoms with E-state index in [1.54, 1.807) is 6.20 Å². The molecule has 1 atom stereocenters. The van der Waals surface area contributed by atoms with Crippen LogP contribution in [0.5, 0.6) is 0 Å². The molecular formula is C10H13N3O. The molecule has 0 aromatic carbocycles. The lowest BCUT2D eigenvalue weighted by Crippen LogP contribution is -2.16. The molecule has 4 heteroatoms. The number of fused-ring (bicyclic) bond motifs is 1. The second kappa shape index (κ2) is 3.77. The predicted molar refractivity (Wildman–Crippen MR) is 55.0 cm³/mol. The van der Waals surface area contributed by atoms with Gasteiger partial charge in [0.05, 0.1) is 11.0 Å². The van der Waals surface area contributed by atoms with Gasteiger partial charge in [-0.1, -0.05) is 0 Å². The summed E-state index contributed by atoms with van der Waals surface area (Å²) < 4.78 is 0. The van der Waals surface area contributed by atoms with Gasteiger partial charge in [-0.15, -0.1) is 0 Å². The van der Waals surface area contributed by atoms with Crippen molar-refractivity contribution >= 4 is 11.0 Å². The Hall–Kier alpha value is -1.39. The topological polar surface area (TPSA) is 60.9 Å². The molecule has 0 aliphatic heterocycles. The number of nitrogens with zero attached hydrogens (tertiary/aromatic N) is 1. The number of nitrogens with one attached hydrogen (secondary N) is 2. The number of pyridine rings is 1. The first-order chi connectivity index (χ1) is 6.81. The van der Waals surface area contributed by atoms with Gasteiger partial charge < -0.3 is 15.4 Å². The highest BCUT2D eigenvalue weighted by Crippen LogP contribution is 2.17. The molecule has 0 radical (unpaired) electrons. The van der Waals surface area contributed by atoms with Gasteiger partial charge in [-0.25, -0.2) is 0 Å². The molecule has 4 nitrogen and oxygen atoms in total. The summed E-state index contributed by atoms with van der Waals surface area (Å²) in [5.41, 5.74) is 2.64. The summed E-state index contributed by atoms with van der Waals surface area (Å²) in [6.45, 7) is 0.535. The third kappa shape index (κ3) is 1.62. The van der Waals surface area contributed by atoms with Gasteiger partial charge >= 0.3 is 0 Å². The van der Waals surface area contributed by atoms with Gasteiger partial charge in [0.15, 0.2) is 0 Å². The van der Waals surface area contributed by atoms with Crippen LogP contribution in [0.1, 0.15) is 11.8 Å². The number of aromatic amines is 1. The predicted octanol–water partition coefficient (Wildman–Crippen LogP) is 0.816. The molecule has 0 saturated heterocycles. The first kappa shape index (κ1) is 9.18. The largest absolute Gasteiger partial charge is 0.386 e. The van der Waals surface area contributed by atoms with Gasteiger partial charge in [0.1, 0.15) is 6.10 Å². The van der Waals surface area contributed by atoms with E-state index in [9.17, 15) is 5.11 Å². The number of hydrogen-bond donors (Lipinski definition) is 3. The summed E-state index contributed by atoms with van der Waals surface area (Å²) in [4.78, 5) is 7.31. The third-order valence-corrected chi connectivity index (χ3v) is 2.17. The summed E-state index contributed by atoms with van der Waals surface area (Å²) in [6.07, 6.45) is 1.24. The van der Waals surface area contributed by atoms with Crippen molar-refractivity contribution in [2.75, 3.05) is 13.6 Å². The fourth-order valence-electron chi connectivity index (χ4n) is 1.46. The second-order valence-electron chi connectivity index (χ2n) is 3.23. The van der Waals surface area contributed by atoms with E-state index in [4.69, 9.17) is 0 Å². The van der Waals surface area contributed by atoms with Crippen LogP contribution in [-0.4, -0.2) is 28.7 Å². The zero-order valence-electron chi connectivity index (χ0n) is 7.99. The smallest absolute Gasteiger partial charge is 0.106 e. The van der Waals surface area contributed by atoms with E-state index in [0.717, 1.165) is 16.7 Å². The molecule has 2 aromatic rings. The maximum Gasteiger partial charge on any atom is 0.106 e. The lowest BCUT2D eigenvalue weighted by atomic mass is 10.2. The zero-order chi connectivity index (χ0) is 9.97. The summed E-state index contributed by atoms with van der Waals surface area (Å²) >= 11 is 0. The summed E-state index contributed by atoms with van der Waals surface area (Å²) in [6, 6.07) is 5.68. The number of hydrogen-bond acceptors (Lipinski definition) is 3. The fourth-order valence-corrected chi connectivity index (χ4v) is 1.46. The maximum atomic E-state index is 9.70. The standard InChI is InChI=1S/C10H13N3O/c1-11-6-10(14)9-5-8-7(13-9)3-2-4-12-8/h2-5,10-11,13-14H,6H2,1H3. The Morgan fingerprint density at radius 3 is 3.21 bits per heavy atom. The van der Waals surface area contributed by atoms with Crippen molar-refractivity contribution in [2.45, 2.75) is 6.10 Å². The van der Waals surface area contributed by atoms with Crippen molar-refractivity contribution in [3.63, 3.8) is 0 Å². The Morgan fingerprint density at radius 1 is 1.64 bits per heavy atom. The van der Waals surface area contributed by atoms with Crippen LogP contribution in [0.15, 0.2) is 24.4 Å². The van der Waals surface area contributed by atoms with Crippen molar-refractivity contribution in [2.24, 2.45) is 0 Å². The third-order valence-electron chi connectivity index (χ3n) is 2.17. The maximum absolute atomic E-state index is 9.70. The molecule has 0 spiro atoms. The summed E-state index contributed by atoms with van der Waals surface area (Å²) in [7, 11) is 1.81. The number of aliphatic hydroxyl groups excluding tert-OH is 1. The van der Waals surface area contributed by atoms with Gasteiger partial charge in [0.2, 0.25) is 0 Å². The minimum atomic E-state index is -0.505. The average Bonchev–Trinajstić information content (AvgIpc) is 2.61. The van der Waals surface area contributed by atoms with Crippen LogP contribution in [0, 0.1) is 0 Å². The Bertz CT molecular complexity index is 391. The molecular weight excluding hydrogens is 178 g/mol. The first-order valence-electron chi connectivity index (χ1n) is 4.57. The van der Waals surface area contributed by atoms with Crippen molar-refractivity contribution in [1.82, 2.24) is 15.3 Å². The highest BCUT2D eigenvalue weighted by molar-refractivity contribution is 5.75. The number of aromatic nitrogens is 2. The van der Waals surface area contributed by atoms with Crippen LogP contribution >= 0.6 is 0 Å². The van der Waals surface area contributed by atoms with Crippen molar-refractivity contribution < 1.29 is 5.11 Å². The monoisotopic (exact) mass is 191 g/mol. The molecule has 1 unspecified atom stereocenters. The van der Waals surface area contributed by atoms with Crippen LogP contribution < -0.4 is 5.32 Å². The molecule has 2 heterocycles. The number of rotatable bonds is 3. The lowest BCUT2D eigenvalue weighted by molar-refractivity contribution is 0.174. The molecule has 0 bridgehead atoms. The molecule has 0 amide bonds. The Morgan fingerprint density at radius 2 is 2.50 bits per heavy atom. The first-order valence-corrected chi connectivity index (χ1v) is 4.57. The molecule has 2 aromatic heterocycles. The second-order valence-corrected chi connectivity index (χ2v) is 3.23. The van der Waals surface area contributed by atoms with Gasteiger partial charge in [-0.2, -0.15) is 0 Å². The van der Waals surface area contributed by atoms with E-state index < -0.39 is 6.10 Å². The molecule has 14 heavy (non-hydrogen) atoms. The number of aliphatic hydroxyl groups is 1. The summed E-state index contributed by atoms with van der Waals surface area (Å²) in [5, 5.41) is 12.6. The van der Waals surface area contributed by atoms with Gasteiger partial charge in [-0.05, 0) is 25.2 Å². The van der Waals surface area contributed by atoms with E-state index in [1.165, 1.54) is 0 Å². The minimum Gasteiger partial charge on any atom is -0.386 e. The highest BCUT2D eigenvalue weighted by atomic mass is 16.3. The Labute approximate surface area is 82.0 Å². The van der Waals surface area contributed by atoms with Crippen molar-refractivity contribution in [3.05, 3.63) is 30.1 Å². The number of H-pyrrole nitrogens is 1. The number of likely N-dealkylation sites (N-methyl/N-ethyl adjacent to an activating group) is 1. The van der Waals surface area contributed by atoms with Crippen molar-refractivity contribution in [1.29, 1.82) is 0 Å². The lowest BCUT2D eigenvalue weighted by Gasteiger charge is -2.06.